The van der Waals surface area contributed by atoms with Crippen LogP contribution in [0.5, 0.6) is 0 Å². The lowest BCUT2D eigenvalue weighted by Crippen LogP contribution is -2.29. The number of rotatable bonds is 4. The fourth-order valence-electron chi connectivity index (χ4n) is 1.34. The van der Waals surface area contributed by atoms with Crippen LogP contribution in [0.2, 0.25) is 0 Å². The van der Waals surface area contributed by atoms with Crippen LogP contribution in [0.1, 0.15) is 12.5 Å². The number of para-hydroxylation sites is 1. The SMILES string of the molecule is CC#CCNC(=O)Nc1ccccc1CC(=O)O. The fraction of sp³-hybridized carbons (Fsp3) is 0.231. The summed E-state index contributed by atoms with van der Waals surface area (Å²) in [5.74, 6) is 4.41. The Balaban J connectivity index is 2.67. The number of aliphatic carboxylic acids is 1. The summed E-state index contributed by atoms with van der Waals surface area (Å²) in [7, 11) is 0. The molecule has 0 bridgehead atoms. The molecule has 0 atom stereocenters. The molecule has 0 saturated heterocycles. The first-order valence-corrected chi connectivity index (χ1v) is 5.37. The lowest BCUT2D eigenvalue weighted by molar-refractivity contribution is -0.136. The third kappa shape index (κ3) is 4.58. The van der Waals surface area contributed by atoms with E-state index in [0.29, 0.717) is 11.3 Å². The molecule has 1 aromatic rings. The molecule has 0 aliphatic rings. The molecule has 0 spiro atoms. The Bertz CT molecular complexity index is 500. The van der Waals surface area contributed by atoms with Gasteiger partial charge in [0.2, 0.25) is 0 Å². The van der Waals surface area contributed by atoms with Crippen molar-refractivity contribution in [1.82, 2.24) is 5.32 Å². The molecule has 0 aromatic heterocycles. The summed E-state index contributed by atoms with van der Waals surface area (Å²) in [5.41, 5.74) is 1.04. The van der Waals surface area contributed by atoms with Crippen LogP contribution in [0.15, 0.2) is 24.3 Å². The summed E-state index contributed by atoms with van der Waals surface area (Å²) in [6, 6.07) is 6.37. The monoisotopic (exact) mass is 246 g/mol. The Kier molecular flexibility index (Phi) is 5.26. The number of carboxylic acid groups (broad SMARTS) is 1. The van der Waals surface area contributed by atoms with E-state index < -0.39 is 12.0 Å². The minimum absolute atomic E-state index is 0.134. The zero-order valence-corrected chi connectivity index (χ0v) is 9.99. The van der Waals surface area contributed by atoms with Crippen molar-refractivity contribution >= 4 is 17.7 Å². The Labute approximate surface area is 105 Å². The Morgan fingerprint density at radius 1 is 1.33 bits per heavy atom. The van der Waals surface area contributed by atoms with Gasteiger partial charge in [-0.25, -0.2) is 4.79 Å². The van der Waals surface area contributed by atoms with Crippen molar-refractivity contribution < 1.29 is 14.7 Å². The van der Waals surface area contributed by atoms with Crippen molar-refractivity contribution in [3.05, 3.63) is 29.8 Å². The number of carboxylic acids is 1. The van der Waals surface area contributed by atoms with Crippen molar-refractivity contribution in [1.29, 1.82) is 0 Å². The van der Waals surface area contributed by atoms with Gasteiger partial charge >= 0.3 is 12.0 Å². The van der Waals surface area contributed by atoms with E-state index in [9.17, 15) is 9.59 Å². The van der Waals surface area contributed by atoms with Crippen molar-refractivity contribution in [2.24, 2.45) is 0 Å². The molecule has 5 heteroatoms. The third-order valence-corrected chi connectivity index (χ3v) is 2.12. The smallest absolute Gasteiger partial charge is 0.320 e. The number of amides is 2. The van der Waals surface area contributed by atoms with E-state index in [4.69, 9.17) is 5.11 Å². The first kappa shape index (κ1) is 13.6. The lowest BCUT2D eigenvalue weighted by atomic mass is 10.1. The molecule has 94 valence electrons. The first-order valence-electron chi connectivity index (χ1n) is 5.37. The molecule has 0 fully saturated rings. The van der Waals surface area contributed by atoms with Gasteiger partial charge in [0.1, 0.15) is 0 Å². The van der Waals surface area contributed by atoms with E-state index in [1.807, 2.05) is 0 Å². The minimum atomic E-state index is -0.943. The number of carbonyl (C=O) groups is 2. The zero-order valence-electron chi connectivity index (χ0n) is 9.99. The Morgan fingerprint density at radius 2 is 2.06 bits per heavy atom. The van der Waals surface area contributed by atoms with Gasteiger partial charge < -0.3 is 15.7 Å². The normalized spacial score (nSPS) is 8.94. The quantitative estimate of drug-likeness (QED) is 0.704. The van der Waals surface area contributed by atoms with E-state index in [1.165, 1.54) is 0 Å². The molecule has 0 saturated carbocycles. The number of anilines is 1. The molecule has 18 heavy (non-hydrogen) atoms. The van der Waals surface area contributed by atoms with Crippen LogP contribution in [0.25, 0.3) is 0 Å². The van der Waals surface area contributed by atoms with Gasteiger partial charge in [0, 0.05) is 5.69 Å². The van der Waals surface area contributed by atoms with Crippen molar-refractivity contribution in [2.75, 3.05) is 11.9 Å². The molecule has 0 radical (unpaired) electrons. The predicted molar refractivity (Wildman–Crippen MR) is 68.3 cm³/mol. The van der Waals surface area contributed by atoms with Crippen LogP contribution >= 0.6 is 0 Å². The molecule has 5 nitrogen and oxygen atoms in total. The summed E-state index contributed by atoms with van der Waals surface area (Å²) < 4.78 is 0. The summed E-state index contributed by atoms with van der Waals surface area (Å²) in [6.07, 6.45) is -0.134. The standard InChI is InChI=1S/C13H14N2O3/c1-2-3-8-14-13(18)15-11-7-5-4-6-10(11)9-12(16)17/h4-7H,8-9H2,1H3,(H,16,17)(H2,14,15,18). The van der Waals surface area contributed by atoms with Gasteiger partial charge in [-0.05, 0) is 18.6 Å². The molecule has 1 rings (SSSR count). The van der Waals surface area contributed by atoms with Crippen molar-refractivity contribution in [2.45, 2.75) is 13.3 Å². The van der Waals surface area contributed by atoms with Gasteiger partial charge in [0.25, 0.3) is 0 Å². The van der Waals surface area contributed by atoms with Crippen molar-refractivity contribution in [3.63, 3.8) is 0 Å². The van der Waals surface area contributed by atoms with E-state index in [-0.39, 0.29) is 13.0 Å². The molecular weight excluding hydrogens is 232 g/mol. The number of urea groups is 1. The van der Waals surface area contributed by atoms with E-state index in [2.05, 4.69) is 22.5 Å². The number of nitrogens with one attached hydrogen (secondary N) is 2. The van der Waals surface area contributed by atoms with Gasteiger partial charge in [0.05, 0.1) is 13.0 Å². The van der Waals surface area contributed by atoms with Crippen LogP contribution in [-0.2, 0) is 11.2 Å². The summed E-state index contributed by atoms with van der Waals surface area (Å²) >= 11 is 0. The average molecular weight is 246 g/mol. The average Bonchev–Trinajstić information content (AvgIpc) is 2.31. The molecular formula is C13H14N2O3. The largest absolute Gasteiger partial charge is 0.481 e. The third-order valence-electron chi connectivity index (χ3n) is 2.12. The molecule has 0 aliphatic heterocycles. The molecule has 3 N–H and O–H groups in total. The fourth-order valence-corrected chi connectivity index (χ4v) is 1.34. The zero-order chi connectivity index (χ0) is 13.4. The molecule has 2 amide bonds. The van der Waals surface area contributed by atoms with Crippen LogP contribution in [0.4, 0.5) is 10.5 Å². The minimum Gasteiger partial charge on any atom is -0.481 e. The van der Waals surface area contributed by atoms with Crippen LogP contribution in [0.3, 0.4) is 0 Å². The number of benzene rings is 1. The molecule has 1 aromatic carbocycles. The molecule has 0 unspecified atom stereocenters. The summed E-state index contributed by atoms with van der Waals surface area (Å²) in [5, 5.41) is 13.9. The topological polar surface area (TPSA) is 78.4 Å². The van der Waals surface area contributed by atoms with Crippen LogP contribution < -0.4 is 10.6 Å². The second kappa shape index (κ2) is 6.97. The van der Waals surface area contributed by atoms with E-state index >= 15 is 0 Å². The maximum Gasteiger partial charge on any atom is 0.320 e. The predicted octanol–water partition coefficient (Wildman–Crippen LogP) is 1.46. The second-order valence-corrected chi connectivity index (χ2v) is 3.46. The van der Waals surface area contributed by atoms with E-state index in [0.717, 1.165) is 0 Å². The number of hydrogen-bond acceptors (Lipinski definition) is 2. The Morgan fingerprint density at radius 3 is 2.72 bits per heavy atom. The van der Waals surface area contributed by atoms with Gasteiger partial charge in [0.15, 0.2) is 0 Å². The van der Waals surface area contributed by atoms with Gasteiger partial charge in [-0.1, -0.05) is 24.1 Å². The maximum absolute atomic E-state index is 11.5. The lowest BCUT2D eigenvalue weighted by Gasteiger charge is -2.09. The van der Waals surface area contributed by atoms with E-state index in [1.54, 1.807) is 31.2 Å². The van der Waals surface area contributed by atoms with Crippen LogP contribution in [-0.4, -0.2) is 23.7 Å². The highest BCUT2D eigenvalue weighted by Gasteiger charge is 2.08. The summed E-state index contributed by atoms with van der Waals surface area (Å²) in [4.78, 5) is 22.2. The van der Waals surface area contributed by atoms with Gasteiger partial charge in [-0.2, -0.15) is 0 Å². The second-order valence-electron chi connectivity index (χ2n) is 3.46. The summed E-state index contributed by atoms with van der Waals surface area (Å²) in [6.45, 7) is 1.94. The highest BCUT2D eigenvalue weighted by Crippen LogP contribution is 2.15. The number of carbonyl (C=O) groups excluding carboxylic acids is 1. The maximum atomic E-state index is 11.5. The molecule has 0 heterocycles. The first-order chi connectivity index (χ1) is 8.63. The molecule has 0 aliphatic carbocycles. The van der Waals surface area contributed by atoms with Crippen LogP contribution in [0, 0.1) is 11.8 Å². The highest BCUT2D eigenvalue weighted by molar-refractivity contribution is 5.91. The highest BCUT2D eigenvalue weighted by atomic mass is 16.4. The Hall–Kier alpha value is -2.48. The number of hydrogen-bond donors (Lipinski definition) is 3. The van der Waals surface area contributed by atoms with Gasteiger partial charge in [-0.3, -0.25) is 4.79 Å². The van der Waals surface area contributed by atoms with Crippen molar-refractivity contribution in [3.8, 4) is 11.8 Å². The van der Waals surface area contributed by atoms with Gasteiger partial charge in [-0.15, -0.1) is 5.92 Å².